The number of morpholine rings is 1. The van der Waals surface area contributed by atoms with Crippen molar-refractivity contribution in [1.82, 2.24) is 24.6 Å². The van der Waals surface area contributed by atoms with Crippen molar-refractivity contribution >= 4 is 38.5 Å². The van der Waals surface area contributed by atoms with Gasteiger partial charge in [0.25, 0.3) is 0 Å². The summed E-state index contributed by atoms with van der Waals surface area (Å²) in [5.74, 6) is 0.577. The Balaban J connectivity index is 1.46. The highest BCUT2D eigenvalue weighted by molar-refractivity contribution is 9.10. The lowest BCUT2D eigenvalue weighted by atomic mass is 10.0. The van der Waals surface area contributed by atoms with E-state index in [4.69, 9.17) is 9.72 Å². The molecular formula is C25H27BrN6O. The van der Waals surface area contributed by atoms with Crippen LogP contribution < -0.4 is 5.32 Å². The minimum Gasteiger partial charge on any atom is -0.373 e. The van der Waals surface area contributed by atoms with Crippen LogP contribution in [0.5, 0.6) is 0 Å². The fraction of sp³-hybridized carbons (Fsp3) is 0.320. The van der Waals surface area contributed by atoms with E-state index in [0.29, 0.717) is 5.95 Å². The molecule has 0 aliphatic carbocycles. The van der Waals surface area contributed by atoms with Crippen molar-refractivity contribution in [2.24, 2.45) is 7.05 Å². The number of aryl methyl sites for hydroxylation is 1. The Labute approximate surface area is 201 Å². The Bertz CT molecular complexity index is 1280. The van der Waals surface area contributed by atoms with Gasteiger partial charge in [0.05, 0.1) is 23.9 Å². The van der Waals surface area contributed by atoms with Gasteiger partial charge in [-0.1, -0.05) is 15.9 Å². The van der Waals surface area contributed by atoms with Gasteiger partial charge >= 0.3 is 0 Å². The van der Waals surface area contributed by atoms with Crippen molar-refractivity contribution in [3.05, 3.63) is 65.0 Å². The second-order valence-electron chi connectivity index (χ2n) is 8.79. The Morgan fingerprint density at radius 2 is 1.88 bits per heavy atom. The summed E-state index contributed by atoms with van der Waals surface area (Å²) in [5.41, 5.74) is 5.27. The van der Waals surface area contributed by atoms with E-state index in [9.17, 15) is 0 Å². The average molecular weight is 507 g/mol. The summed E-state index contributed by atoms with van der Waals surface area (Å²) in [4.78, 5) is 11.7. The van der Waals surface area contributed by atoms with E-state index in [1.165, 1.54) is 5.56 Å². The zero-order valence-corrected chi connectivity index (χ0v) is 20.6. The van der Waals surface area contributed by atoms with Crippen molar-refractivity contribution in [1.29, 1.82) is 0 Å². The second kappa shape index (κ2) is 9.21. The van der Waals surface area contributed by atoms with Crippen LogP contribution in [0.3, 0.4) is 0 Å². The number of hydrogen-bond donors (Lipinski definition) is 1. The second-order valence-corrected chi connectivity index (χ2v) is 9.71. The van der Waals surface area contributed by atoms with Crippen LogP contribution in [0.2, 0.25) is 0 Å². The molecule has 3 heterocycles. The van der Waals surface area contributed by atoms with Crippen molar-refractivity contribution in [2.75, 3.05) is 18.4 Å². The first-order valence-electron chi connectivity index (χ1n) is 11.1. The molecule has 0 bridgehead atoms. The van der Waals surface area contributed by atoms with Gasteiger partial charge in [0, 0.05) is 60.2 Å². The quantitative estimate of drug-likeness (QED) is 0.403. The van der Waals surface area contributed by atoms with Gasteiger partial charge in [-0.25, -0.2) is 9.97 Å². The molecule has 7 nitrogen and oxygen atoms in total. The molecule has 0 radical (unpaired) electrons. The van der Waals surface area contributed by atoms with Gasteiger partial charge in [0.2, 0.25) is 5.95 Å². The molecule has 2 atom stereocenters. The predicted molar refractivity (Wildman–Crippen MR) is 134 cm³/mol. The first-order valence-corrected chi connectivity index (χ1v) is 11.9. The molecule has 0 amide bonds. The van der Waals surface area contributed by atoms with Gasteiger partial charge < -0.3 is 10.1 Å². The third kappa shape index (κ3) is 5.24. The number of ether oxygens (including phenoxy) is 1. The molecule has 2 aromatic heterocycles. The normalized spacial score (nSPS) is 19.2. The summed E-state index contributed by atoms with van der Waals surface area (Å²) >= 11 is 3.50. The van der Waals surface area contributed by atoms with E-state index in [2.05, 4.69) is 68.3 Å². The topological polar surface area (TPSA) is 68.1 Å². The van der Waals surface area contributed by atoms with Crippen LogP contribution in [0.15, 0.2) is 59.5 Å². The SMILES string of the molecule is CC1CN(Cc2cc(Nc3ncc4cc(Br)ccc4n3)cc(-c3cnn(C)c3)c2)CC(C)O1. The lowest BCUT2D eigenvalue weighted by molar-refractivity contribution is -0.0704. The van der Waals surface area contributed by atoms with Gasteiger partial charge in [0.15, 0.2) is 0 Å². The molecule has 0 spiro atoms. The molecule has 33 heavy (non-hydrogen) atoms. The Hall–Kier alpha value is -2.81. The van der Waals surface area contributed by atoms with E-state index >= 15 is 0 Å². The molecule has 1 aliphatic rings. The predicted octanol–water partition coefficient (Wildman–Crippen LogP) is 5.15. The van der Waals surface area contributed by atoms with Crippen LogP contribution in [0.4, 0.5) is 11.6 Å². The van der Waals surface area contributed by atoms with Crippen molar-refractivity contribution in [3.63, 3.8) is 0 Å². The molecule has 170 valence electrons. The maximum Gasteiger partial charge on any atom is 0.227 e. The summed E-state index contributed by atoms with van der Waals surface area (Å²) in [6.45, 7) is 6.98. The number of halogens is 1. The summed E-state index contributed by atoms with van der Waals surface area (Å²) in [7, 11) is 1.93. The Morgan fingerprint density at radius 1 is 1.06 bits per heavy atom. The molecule has 5 rings (SSSR count). The zero-order chi connectivity index (χ0) is 22.9. The third-order valence-electron chi connectivity index (χ3n) is 5.73. The molecule has 0 saturated carbocycles. The number of benzene rings is 2. The molecule has 2 unspecified atom stereocenters. The number of nitrogens with zero attached hydrogens (tertiary/aromatic N) is 5. The number of fused-ring (bicyclic) bond motifs is 1. The molecule has 1 fully saturated rings. The Kier molecular flexibility index (Phi) is 6.14. The number of anilines is 2. The number of rotatable bonds is 5. The molecule has 1 saturated heterocycles. The lowest BCUT2D eigenvalue weighted by Crippen LogP contribution is -2.44. The smallest absolute Gasteiger partial charge is 0.227 e. The van der Waals surface area contributed by atoms with Crippen LogP contribution in [0.1, 0.15) is 19.4 Å². The summed E-state index contributed by atoms with van der Waals surface area (Å²) in [5, 5.41) is 8.77. The standard InChI is InChI=1S/C25H27BrN6O/c1-16-12-32(13-17(2)33-16)14-18-6-19(21-11-28-31(3)15-21)9-23(7-18)29-25-27-10-20-8-22(26)4-5-24(20)30-25/h4-11,15-17H,12-14H2,1-3H3,(H,27,29,30). The molecule has 8 heteroatoms. The van der Waals surface area contributed by atoms with Gasteiger partial charge in [-0.15, -0.1) is 0 Å². The Morgan fingerprint density at radius 3 is 2.64 bits per heavy atom. The minimum absolute atomic E-state index is 0.235. The summed E-state index contributed by atoms with van der Waals surface area (Å²) in [6, 6.07) is 12.5. The van der Waals surface area contributed by atoms with E-state index in [-0.39, 0.29) is 12.2 Å². The first-order chi connectivity index (χ1) is 15.9. The van der Waals surface area contributed by atoms with Gasteiger partial charge in [0.1, 0.15) is 0 Å². The average Bonchev–Trinajstić information content (AvgIpc) is 3.19. The maximum absolute atomic E-state index is 5.91. The number of nitrogens with one attached hydrogen (secondary N) is 1. The third-order valence-corrected chi connectivity index (χ3v) is 6.22. The largest absolute Gasteiger partial charge is 0.373 e. The van der Waals surface area contributed by atoms with E-state index in [0.717, 1.165) is 51.8 Å². The number of hydrogen-bond acceptors (Lipinski definition) is 6. The molecule has 2 aromatic carbocycles. The van der Waals surface area contributed by atoms with Crippen LogP contribution in [0.25, 0.3) is 22.0 Å². The maximum atomic E-state index is 5.91. The summed E-state index contributed by atoms with van der Waals surface area (Å²) in [6.07, 6.45) is 6.24. The van der Waals surface area contributed by atoms with Crippen molar-refractivity contribution < 1.29 is 4.74 Å². The lowest BCUT2D eigenvalue weighted by Gasteiger charge is -2.35. The fourth-order valence-electron chi connectivity index (χ4n) is 4.46. The first kappa shape index (κ1) is 22.0. The molecule has 4 aromatic rings. The van der Waals surface area contributed by atoms with Crippen LogP contribution in [0, 0.1) is 0 Å². The monoisotopic (exact) mass is 506 g/mol. The van der Waals surface area contributed by atoms with Crippen LogP contribution >= 0.6 is 15.9 Å². The highest BCUT2D eigenvalue weighted by atomic mass is 79.9. The van der Waals surface area contributed by atoms with Gasteiger partial charge in [-0.3, -0.25) is 9.58 Å². The van der Waals surface area contributed by atoms with Crippen LogP contribution in [-0.2, 0) is 18.3 Å². The van der Waals surface area contributed by atoms with Gasteiger partial charge in [-0.2, -0.15) is 5.10 Å². The highest BCUT2D eigenvalue weighted by Crippen LogP contribution is 2.28. The van der Waals surface area contributed by atoms with E-state index in [1.54, 1.807) is 0 Å². The van der Waals surface area contributed by atoms with E-state index in [1.807, 2.05) is 48.5 Å². The van der Waals surface area contributed by atoms with E-state index < -0.39 is 0 Å². The van der Waals surface area contributed by atoms with Crippen molar-refractivity contribution in [3.8, 4) is 11.1 Å². The fourth-order valence-corrected chi connectivity index (χ4v) is 4.84. The molecule has 1 aliphatic heterocycles. The number of aromatic nitrogens is 4. The minimum atomic E-state index is 0.235. The molecule has 1 N–H and O–H groups in total. The van der Waals surface area contributed by atoms with Crippen LogP contribution in [-0.4, -0.2) is 49.9 Å². The summed E-state index contributed by atoms with van der Waals surface area (Å²) < 4.78 is 8.75. The highest BCUT2D eigenvalue weighted by Gasteiger charge is 2.22. The molecular weight excluding hydrogens is 480 g/mol. The van der Waals surface area contributed by atoms with Gasteiger partial charge in [-0.05, 0) is 61.4 Å². The zero-order valence-electron chi connectivity index (χ0n) is 19.0. The van der Waals surface area contributed by atoms with Crippen molar-refractivity contribution in [2.45, 2.75) is 32.6 Å².